The summed E-state index contributed by atoms with van der Waals surface area (Å²) in [6.45, 7) is 0.440. The van der Waals surface area contributed by atoms with Crippen LogP contribution in [-0.4, -0.2) is 64.0 Å². The Morgan fingerprint density at radius 3 is 2.56 bits per heavy atom. The van der Waals surface area contributed by atoms with Gasteiger partial charge in [-0.05, 0) is 42.8 Å². The molecule has 3 atom stereocenters. The molecule has 0 spiro atoms. The van der Waals surface area contributed by atoms with Gasteiger partial charge in [0, 0.05) is 25.1 Å². The second-order valence-corrected chi connectivity index (χ2v) is 10.3. The fourth-order valence-corrected chi connectivity index (χ4v) is 6.21. The van der Waals surface area contributed by atoms with Crippen LogP contribution in [0.1, 0.15) is 18.2 Å². The Labute approximate surface area is 217 Å². The maximum atomic E-state index is 13.4. The molecule has 11 nitrogen and oxygen atoms in total. The van der Waals surface area contributed by atoms with E-state index < -0.39 is 50.6 Å². The molecule has 13 heteroatoms. The van der Waals surface area contributed by atoms with Gasteiger partial charge in [-0.15, -0.1) is 0 Å². The number of nitrogens with one attached hydrogen (secondary N) is 1. The van der Waals surface area contributed by atoms with E-state index in [-0.39, 0.29) is 41.7 Å². The molecule has 0 unspecified atom stereocenters. The summed E-state index contributed by atoms with van der Waals surface area (Å²) in [5.41, 5.74) is 0.972. The van der Waals surface area contributed by atoms with Crippen LogP contribution in [0.15, 0.2) is 54.5 Å². The van der Waals surface area contributed by atoms with Crippen molar-refractivity contribution in [1.82, 2.24) is 20.2 Å². The molecular weight excluding hydrogens is 475 g/mol. The second kappa shape index (κ2) is 9.82. The predicted octanol–water partition coefficient (Wildman–Crippen LogP) is -3.74. The number of rotatable bonds is 6. The van der Waals surface area contributed by atoms with Gasteiger partial charge >= 0.3 is 35.7 Å². The molecule has 2 amide bonds. The van der Waals surface area contributed by atoms with E-state index in [1.807, 2.05) is 0 Å². The minimum atomic E-state index is -4.31. The molecule has 2 saturated heterocycles. The first-order valence-corrected chi connectivity index (χ1v) is 11.4. The van der Waals surface area contributed by atoms with E-state index in [0.29, 0.717) is 5.69 Å². The molecule has 2 aromatic rings. The number of aromatic nitrogens is 2. The summed E-state index contributed by atoms with van der Waals surface area (Å²) in [4.78, 5) is 45.4. The largest absolute Gasteiger partial charge is 1.00 e. The molecule has 0 aliphatic carbocycles. The maximum absolute atomic E-state index is 13.4. The molecule has 2 aliphatic rings. The van der Waals surface area contributed by atoms with E-state index in [2.05, 4.69) is 15.3 Å². The van der Waals surface area contributed by atoms with Crippen molar-refractivity contribution in [1.29, 1.82) is 0 Å². The number of hydrogen-bond acceptors (Lipinski definition) is 9. The summed E-state index contributed by atoms with van der Waals surface area (Å²) >= 11 is 0. The van der Waals surface area contributed by atoms with E-state index >= 15 is 0 Å². The zero-order chi connectivity index (χ0) is 23.8. The van der Waals surface area contributed by atoms with Gasteiger partial charge in [-0.1, -0.05) is 6.07 Å². The van der Waals surface area contributed by atoms with E-state index in [1.165, 1.54) is 24.7 Å². The van der Waals surface area contributed by atoms with Gasteiger partial charge in [0.2, 0.25) is 0 Å². The van der Waals surface area contributed by atoms with Gasteiger partial charge in [-0.2, -0.15) is 0 Å². The van der Waals surface area contributed by atoms with Crippen molar-refractivity contribution >= 4 is 33.9 Å². The number of fused-ring (bicyclic) bond motifs is 1. The summed E-state index contributed by atoms with van der Waals surface area (Å²) < 4.78 is 29.7. The summed E-state index contributed by atoms with van der Waals surface area (Å²) in [5, 5.41) is 12.9. The van der Waals surface area contributed by atoms with Gasteiger partial charge in [0.25, 0.3) is 5.91 Å². The molecule has 1 N–H and O–H groups in total. The second-order valence-electron chi connectivity index (χ2n) is 7.78. The maximum Gasteiger partial charge on any atom is 1.00 e. The molecular formula is C21H19N4NaO7S. The van der Waals surface area contributed by atoms with Crippen LogP contribution in [0.3, 0.4) is 0 Å². The number of nitrogens with zero attached hydrogens (tertiary/aromatic N) is 3. The number of carbonyl (C=O) groups excluding carboxylic acids is 3. The van der Waals surface area contributed by atoms with E-state index in [4.69, 9.17) is 4.74 Å². The quantitative estimate of drug-likeness (QED) is 0.242. The normalized spacial score (nSPS) is 25.6. The van der Waals surface area contributed by atoms with Crippen molar-refractivity contribution in [2.45, 2.75) is 29.6 Å². The van der Waals surface area contributed by atoms with E-state index in [0.717, 1.165) is 17.4 Å². The van der Waals surface area contributed by atoms with Crippen molar-refractivity contribution in [3.63, 3.8) is 0 Å². The number of sulfone groups is 1. The number of aliphatic carboxylic acids is 1. The molecule has 2 aliphatic heterocycles. The monoisotopic (exact) mass is 494 g/mol. The van der Waals surface area contributed by atoms with Gasteiger partial charge in [-0.3, -0.25) is 14.8 Å². The SMILES string of the molecule is C[C@]1(COC(=O)NCc2ccncc2)[C@H](C(=O)[O-])N2C(=O)/C(=C/c3ccccn3)[C@H]2S1(=O)=O.[Na+]. The summed E-state index contributed by atoms with van der Waals surface area (Å²) in [6, 6.07) is 6.41. The van der Waals surface area contributed by atoms with Gasteiger partial charge in [0.1, 0.15) is 11.4 Å². The Hall–Kier alpha value is -2.80. The third kappa shape index (κ3) is 4.33. The third-order valence-electron chi connectivity index (χ3n) is 5.69. The fraction of sp³-hybridized carbons (Fsp3) is 0.286. The van der Waals surface area contributed by atoms with Gasteiger partial charge < -0.3 is 24.9 Å². The van der Waals surface area contributed by atoms with Gasteiger partial charge in [-0.25, -0.2) is 13.2 Å². The average Bonchev–Trinajstić information content (AvgIpc) is 2.97. The molecule has 4 rings (SSSR count). The Morgan fingerprint density at radius 1 is 1.24 bits per heavy atom. The van der Waals surface area contributed by atoms with Crippen LogP contribution in [0.5, 0.6) is 0 Å². The number of carbonyl (C=O) groups is 3. The van der Waals surface area contributed by atoms with E-state index in [1.54, 1.807) is 30.3 Å². The smallest absolute Gasteiger partial charge is 0.548 e. The molecule has 172 valence electrons. The molecule has 2 fully saturated rings. The number of β-lactam (4-membered cyclic amide) rings is 1. The minimum Gasteiger partial charge on any atom is -0.548 e. The summed E-state index contributed by atoms with van der Waals surface area (Å²) in [6.07, 6.45) is 4.92. The van der Waals surface area contributed by atoms with Gasteiger partial charge in [0.15, 0.2) is 15.2 Å². The van der Waals surface area contributed by atoms with Crippen LogP contribution in [-0.2, 0) is 30.7 Å². The number of carboxylic acid groups (broad SMARTS) is 1. The molecule has 4 heterocycles. The topological polar surface area (TPSA) is 159 Å². The van der Waals surface area contributed by atoms with Crippen molar-refractivity contribution in [2.75, 3.05) is 6.61 Å². The number of alkyl carbamates (subject to hydrolysis) is 1. The van der Waals surface area contributed by atoms with Crippen molar-refractivity contribution in [3.8, 4) is 0 Å². The summed E-state index contributed by atoms with van der Waals surface area (Å²) in [5.74, 6) is -2.51. The van der Waals surface area contributed by atoms with Crippen LogP contribution in [0, 0.1) is 0 Å². The molecule has 2 aromatic heterocycles. The zero-order valence-electron chi connectivity index (χ0n) is 18.4. The molecule has 0 aromatic carbocycles. The summed E-state index contributed by atoms with van der Waals surface area (Å²) in [7, 11) is -4.31. The molecule has 0 radical (unpaired) electrons. The van der Waals surface area contributed by atoms with Crippen LogP contribution in [0.25, 0.3) is 6.08 Å². The molecule has 34 heavy (non-hydrogen) atoms. The number of amides is 2. The Kier molecular flexibility index (Phi) is 7.46. The van der Waals surface area contributed by atoms with Crippen LogP contribution in [0.4, 0.5) is 4.79 Å². The average molecular weight is 494 g/mol. The van der Waals surface area contributed by atoms with Gasteiger partial charge in [0.05, 0.1) is 23.3 Å². The van der Waals surface area contributed by atoms with Crippen LogP contribution >= 0.6 is 0 Å². The van der Waals surface area contributed by atoms with Crippen LogP contribution < -0.4 is 40.0 Å². The number of ether oxygens (including phenoxy) is 1. The first-order chi connectivity index (χ1) is 15.7. The molecule has 0 saturated carbocycles. The Bertz CT molecular complexity index is 1240. The fourth-order valence-electron chi connectivity index (χ4n) is 3.93. The third-order valence-corrected chi connectivity index (χ3v) is 8.40. The van der Waals surface area contributed by atoms with Crippen molar-refractivity contribution in [3.05, 3.63) is 65.8 Å². The van der Waals surface area contributed by atoms with Crippen molar-refractivity contribution < 1.29 is 62.2 Å². The predicted molar refractivity (Wildman–Crippen MR) is 111 cm³/mol. The first kappa shape index (κ1) is 25.8. The first-order valence-electron chi connectivity index (χ1n) is 9.86. The number of pyridine rings is 2. The Morgan fingerprint density at radius 2 is 1.94 bits per heavy atom. The Balaban J connectivity index is 0.00000324. The minimum absolute atomic E-state index is 0. The number of hydrogen-bond donors (Lipinski definition) is 1. The standard InChI is InChI=1S/C21H20N4O7S.Na/c1-21(12-32-20(29)24-11-13-5-8-22-9-6-13)16(19(27)28)25-17(26)15(18(25)33(21,30)31)10-14-4-2-3-7-23-14;/h2-10,16,18H,11-12H2,1H3,(H,24,29)(H,27,28);/q;+1/p-1/b15-10-;/t16-,18+,21-;/m0./s1. The number of carboxylic acids is 1. The zero-order valence-corrected chi connectivity index (χ0v) is 21.2. The van der Waals surface area contributed by atoms with Crippen LogP contribution in [0.2, 0.25) is 0 Å². The molecule has 0 bridgehead atoms. The van der Waals surface area contributed by atoms with E-state index in [9.17, 15) is 27.9 Å². The van der Waals surface area contributed by atoms with Crippen molar-refractivity contribution in [2.24, 2.45) is 0 Å².